The summed E-state index contributed by atoms with van der Waals surface area (Å²) in [6, 6.07) is 15.4. The minimum atomic E-state index is -3.18. The van der Waals surface area contributed by atoms with Crippen molar-refractivity contribution in [2.24, 2.45) is 5.92 Å². The zero-order chi connectivity index (χ0) is 37.0. The standard InChI is InChI=1S/C41H43F2N7O4/c1-53-40(52)49-36(23-13-17-54-18-14-23)39(51)50-16-3-2-6-35(50)38-46-31-12-9-25(21-33(31)47-38)24-7-10-27-28-11-8-26(20-30(28)41(42,43)29(27)19-24)34-22-45-37(48-34)32-5-4-15-44-32/h7-12,19-23,32,35-36,44H,2-6,13-18H2,1H3,(H,45,48)(H,46,47)(H,49,52)/t32-,35-,36-/m0/s1. The van der Waals surface area contributed by atoms with Crippen molar-refractivity contribution in [3.63, 3.8) is 0 Å². The Morgan fingerprint density at radius 3 is 2.41 bits per heavy atom. The van der Waals surface area contributed by atoms with Crippen LogP contribution in [0.5, 0.6) is 0 Å². The number of hydrogen-bond donors (Lipinski definition) is 4. The number of alkyl carbamates (subject to hydrolysis) is 1. The van der Waals surface area contributed by atoms with Crippen molar-refractivity contribution in [3.05, 3.63) is 83.6 Å². The van der Waals surface area contributed by atoms with Gasteiger partial charge in [-0.2, -0.15) is 8.78 Å². The highest BCUT2D eigenvalue weighted by molar-refractivity contribution is 5.88. The SMILES string of the molecule is COC(=O)N[C@H](C(=O)N1CCCC[C@H]1c1nc2ccc(-c3ccc4c(c3)C(F)(F)c3cc(-c5cnc([C@@H]6CCCN6)[nH]5)ccc3-4)cc2[nH]1)C1CCOCC1. The van der Waals surface area contributed by atoms with Crippen LogP contribution in [-0.4, -0.2) is 76.3 Å². The van der Waals surface area contributed by atoms with Crippen molar-refractivity contribution in [1.29, 1.82) is 0 Å². The third-order valence-corrected chi connectivity index (χ3v) is 11.7. The van der Waals surface area contributed by atoms with Gasteiger partial charge >= 0.3 is 6.09 Å². The maximum absolute atomic E-state index is 16.3. The van der Waals surface area contributed by atoms with Crippen LogP contribution < -0.4 is 10.6 Å². The number of piperidine rings is 1. The van der Waals surface area contributed by atoms with Gasteiger partial charge in [-0.15, -0.1) is 0 Å². The number of aromatic nitrogens is 4. The van der Waals surface area contributed by atoms with Gasteiger partial charge in [0.1, 0.15) is 17.7 Å². The van der Waals surface area contributed by atoms with Gasteiger partial charge in [-0.3, -0.25) is 4.79 Å². The fraction of sp³-hybridized carbons (Fsp3) is 0.415. The van der Waals surface area contributed by atoms with Gasteiger partial charge in [0.05, 0.1) is 42.1 Å². The summed E-state index contributed by atoms with van der Waals surface area (Å²) >= 11 is 0. The Morgan fingerprint density at radius 2 is 1.65 bits per heavy atom. The van der Waals surface area contributed by atoms with E-state index in [1.54, 1.807) is 30.5 Å². The van der Waals surface area contributed by atoms with Gasteiger partial charge in [0.25, 0.3) is 5.92 Å². The Kier molecular flexibility index (Phi) is 8.93. The number of alkyl halides is 2. The Hall–Kier alpha value is -5.14. The second kappa shape index (κ2) is 13.9. The Bertz CT molecular complexity index is 2220. The highest BCUT2D eigenvalue weighted by atomic mass is 19.3. The van der Waals surface area contributed by atoms with E-state index in [-0.39, 0.29) is 35.0 Å². The number of hydrogen-bond acceptors (Lipinski definition) is 7. The predicted molar refractivity (Wildman–Crippen MR) is 199 cm³/mol. The van der Waals surface area contributed by atoms with Crippen LogP contribution in [0.4, 0.5) is 13.6 Å². The van der Waals surface area contributed by atoms with Crippen LogP contribution >= 0.6 is 0 Å². The summed E-state index contributed by atoms with van der Waals surface area (Å²) in [6.45, 7) is 2.56. The van der Waals surface area contributed by atoms with E-state index < -0.39 is 18.1 Å². The number of halogens is 2. The fourth-order valence-electron chi connectivity index (χ4n) is 8.79. The van der Waals surface area contributed by atoms with Gasteiger partial charge in [-0.05, 0) is 104 Å². The molecule has 0 radical (unpaired) electrons. The zero-order valence-electron chi connectivity index (χ0n) is 30.1. The molecule has 5 aromatic rings. The molecule has 2 aromatic heterocycles. The van der Waals surface area contributed by atoms with Gasteiger partial charge in [0.2, 0.25) is 5.91 Å². The summed E-state index contributed by atoms with van der Waals surface area (Å²) in [5.41, 5.74) is 5.34. The van der Waals surface area contributed by atoms with E-state index >= 15 is 8.78 Å². The molecule has 9 rings (SSSR count). The van der Waals surface area contributed by atoms with E-state index in [9.17, 15) is 9.59 Å². The van der Waals surface area contributed by atoms with Crippen molar-refractivity contribution in [1.82, 2.24) is 35.5 Å². The summed E-state index contributed by atoms with van der Waals surface area (Å²) in [6.07, 6.45) is 7.00. The second-order valence-corrected chi connectivity index (χ2v) is 14.9. The molecule has 4 N–H and O–H groups in total. The lowest BCUT2D eigenvalue weighted by atomic mass is 9.89. The molecule has 3 atom stereocenters. The number of H-pyrrole nitrogens is 2. The molecule has 13 heteroatoms. The van der Waals surface area contributed by atoms with E-state index in [1.165, 1.54) is 7.11 Å². The molecule has 3 fully saturated rings. The van der Waals surface area contributed by atoms with E-state index in [1.807, 2.05) is 35.2 Å². The Labute approximate surface area is 311 Å². The molecule has 2 amide bonds. The molecule has 3 aromatic carbocycles. The van der Waals surface area contributed by atoms with Crippen LogP contribution in [0.25, 0.3) is 44.5 Å². The van der Waals surface area contributed by atoms with Crippen molar-refractivity contribution < 1.29 is 27.8 Å². The van der Waals surface area contributed by atoms with Crippen LogP contribution in [0, 0.1) is 5.92 Å². The van der Waals surface area contributed by atoms with Crippen LogP contribution in [0.3, 0.4) is 0 Å². The molecule has 3 saturated heterocycles. The molecular weight excluding hydrogens is 692 g/mol. The number of rotatable bonds is 7. The molecule has 1 aliphatic carbocycles. The third kappa shape index (κ3) is 6.12. The molecule has 11 nitrogen and oxygen atoms in total. The number of ether oxygens (including phenoxy) is 2. The average Bonchev–Trinajstić information content (AvgIpc) is 4.03. The normalized spacial score (nSPS) is 21.5. The van der Waals surface area contributed by atoms with Gasteiger partial charge in [-0.25, -0.2) is 14.8 Å². The monoisotopic (exact) mass is 735 g/mol. The highest BCUT2D eigenvalue weighted by Gasteiger charge is 2.45. The summed E-state index contributed by atoms with van der Waals surface area (Å²) in [5.74, 6) is -1.90. The number of likely N-dealkylation sites (tertiary alicyclic amines) is 1. The van der Waals surface area contributed by atoms with Crippen LogP contribution in [0.2, 0.25) is 0 Å². The first-order valence-corrected chi connectivity index (χ1v) is 19.0. The van der Waals surface area contributed by atoms with Crippen LogP contribution in [0.15, 0.2) is 60.8 Å². The van der Waals surface area contributed by atoms with Crippen molar-refractivity contribution in [3.8, 4) is 33.5 Å². The summed E-state index contributed by atoms with van der Waals surface area (Å²) in [5, 5.41) is 6.23. The molecule has 0 spiro atoms. The van der Waals surface area contributed by atoms with Crippen molar-refractivity contribution in [2.45, 2.75) is 69.0 Å². The molecule has 54 heavy (non-hydrogen) atoms. The maximum atomic E-state index is 16.3. The summed E-state index contributed by atoms with van der Waals surface area (Å²) in [7, 11) is 1.29. The minimum Gasteiger partial charge on any atom is -0.453 e. The Balaban J connectivity index is 0.978. The molecular formula is C41H43F2N7O4. The summed E-state index contributed by atoms with van der Waals surface area (Å²) < 4.78 is 43.0. The van der Waals surface area contributed by atoms with Gasteiger partial charge in [0, 0.05) is 36.4 Å². The number of nitrogens with one attached hydrogen (secondary N) is 4. The van der Waals surface area contributed by atoms with E-state index in [0.29, 0.717) is 60.7 Å². The number of benzene rings is 3. The number of carbonyl (C=O) groups is 2. The first-order chi connectivity index (χ1) is 26.3. The highest BCUT2D eigenvalue weighted by Crippen LogP contribution is 2.52. The lowest BCUT2D eigenvalue weighted by Crippen LogP contribution is -2.55. The number of aromatic amines is 2. The quantitative estimate of drug-likeness (QED) is 0.137. The molecule has 0 saturated carbocycles. The van der Waals surface area contributed by atoms with Crippen LogP contribution in [-0.2, 0) is 20.2 Å². The number of methoxy groups -OCH3 is 1. The number of carbonyl (C=O) groups excluding carboxylic acids is 2. The maximum Gasteiger partial charge on any atom is 0.407 e. The molecule has 0 unspecified atom stereocenters. The number of imidazole rings is 2. The van der Waals surface area contributed by atoms with Crippen molar-refractivity contribution in [2.75, 3.05) is 33.4 Å². The number of nitrogens with zero attached hydrogens (tertiary/aromatic N) is 3. The largest absolute Gasteiger partial charge is 0.453 e. The smallest absolute Gasteiger partial charge is 0.407 e. The first-order valence-electron chi connectivity index (χ1n) is 19.0. The van der Waals surface area contributed by atoms with E-state index in [2.05, 4.69) is 25.6 Å². The topological polar surface area (TPSA) is 137 Å². The molecule has 0 bridgehead atoms. The lowest BCUT2D eigenvalue weighted by molar-refractivity contribution is -0.139. The van der Waals surface area contributed by atoms with E-state index in [0.717, 1.165) is 66.8 Å². The third-order valence-electron chi connectivity index (χ3n) is 11.7. The molecule has 3 aliphatic heterocycles. The molecule has 280 valence electrons. The molecule has 5 heterocycles. The zero-order valence-corrected chi connectivity index (χ0v) is 30.1. The van der Waals surface area contributed by atoms with E-state index in [4.69, 9.17) is 14.5 Å². The average molecular weight is 736 g/mol. The second-order valence-electron chi connectivity index (χ2n) is 14.9. The van der Waals surface area contributed by atoms with Gasteiger partial charge < -0.3 is 35.0 Å². The Morgan fingerprint density at radius 1 is 0.907 bits per heavy atom. The van der Waals surface area contributed by atoms with Gasteiger partial charge in [0.15, 0.2) is 0 Å². The fourth-order valence-corrected chi connectivity index (χ4v) is 8.79. The van der Waals surface area contributed by atoms with Crippen molar-refractivity contribution >= 4 is 23.0 Å². The lowest BCUT2D eigenvalue weighted by Gasteiger charge is -2.39. The summed E-state index contributed by atoms with van der Waals surface area (Å²) in [4.78, 5) is 44.6. The van der Waals surface area contributed by atoms with Gasteiger partial charge in [-0.1, -0.05) is 30.3 Å². The molecule has 4 aliphatic rings. The number of fused-ring (bicyclic) bond motifs is 4. The minimum absolute atomic E-state index is 0.0108. The number of amides is 2. The first kappa shape index (κ1) is 34.6. The predicted octanol–water partition coefficient (Wildman–Crippen LogP) is 7.37. The van der Waals surface area contributed by atoms with Crippen LogP contribution in [0.1, 0.15) is 79.8 Å².